The van der Waals surface area contributed by atoms with Gasteiger partial charge >= 0.3 is 12.1 Å². The van der Waals surface area contributed by atoms with E-state index in [4.69, 9.17) is 16.3 Å². The van der Waals surface area contributed by atoms with Crippen LogP contribution in [-0.4, -0.2) is 44.7 Å². The lowest BCUT2D eigenvalue weighted by molar-refractivity contribution is -0.139. The zero-order valence-corrected chi connectivity index (χ0v) is 15.1. The third-order valence-electron chi connectivity index (χ3n) is 2.40. The standard InChI is InChI=1S/C13H18ClN3O6S/c1-13(2,3)23-12(19)17-8-5-6-15-11(14)10(8)24(20,21)16-7-9(18)22-4/h5-6,16H,7H2,1-4H3,(H,15,17,19). The first-order valence-electron chi connectivity index (χ1n) is 6.67. The highest BCUT2D eigenvalue weighted by Gasteiger charge is 2.26. The number of nitrogens with zero attached hydrogens (tertiary/aromatic N) is 1. The number of carbonyl (C=O) groups excluding carboxylic acids is 2. The minimum absolute atomic E-state index is 0.137. The summed E-state index contributed by atoms with van der Waals surface area (Å²) in [6.45, 7) is 4.36. The molecule has 0 aromatic carbocycles. The van der Waals surface area contributed by atoms with E-state index < -0.39 is 39.1 Å². The van der Waals surface area contributed by atoms with Crippen molar-refractivity contribution < 1.29 is 27.5 Å². The molecule has 1 aromatic rings. The Bertz CT molecular complexity index is 730. The van der Waals surface area contributed by atoms with Crippen LogP contribution < -0.4 is 10.0 Å². The molecule has 9 nitrogen and oxygen atoms in total. The predicted molar refractivity (Wildman–Crippen MR) is 86.3 cm³/mol. The summed E-state index contributed by atoms with van der Waals surface area (Å²) in [5.74, 6) is -0.791. The highest BCUT2D eigenvalue weighted by Crippen LogP contribution is 2.27. The molecule has 0 saturated heterocycles. The summed E-state index contributed by atoms with van der Waals surface area (Å²) in [5.41, 5.74) is -0.912. The number of halogens is 1. The van der Waals surface area contributed by atoms with Gasteiger partial charge in [0.2, 0.25) is 10.0 Å². The summed E-state index contributed by atoms with van der Waals surface area (Å²) >= 11 is 5.84. The molecule has 0 spiro atoms. The number of anilines is 1. The monoisotopic (exact) mass is 379 g/mol. The van der Waals surface area contributed by atoms with Crippen LogP contribution >= 0.6 is 11.6 Å². The van der Waals surface area contributed by atoms with Crippen LogP contribution in [0.5, 0.6) is 0 Å². The molecule has 0 fully saturated rings. The van der Waals surface area contributed by atoms with Gasteiger partial charge in [-0.3, -0.25) is 10.1 Å². The van der Waals surface area contributed by atoms with Crippen LogP contribution in [-0.2, 0) is 24.3 Å². The maximum absolute atomic E-state index is 12.3. The second-order valence-electron chi connectivity index (χ2n) is 5.51. The van der Waals surface area contributed by atoms with Crippen molar-refractivity contribution in [3.8, 4) is 0 Å². The molecule has 11 heteroatoms. The van der Waals surface area contributed by atoms with E-state index in [2.05, 4.69) is 15.0 Å². The lowest BCUT2D eigenvalue weighted by Crippen LogP contribution is -2.32. The Labute approximate surface area is 144 Å². The Morgan fingerprint density at radius 2 is 1.96 bits per heavy atom. The van der Waals surface area contributed by atoms with Crippen LogP contribution in [0.4, 0.5) is 10.5 Å². The Hall–Kier alpha value is -1.91. The van der Waals surface area contributed by atoms with Gasteiger partial charge in [0.05, 0.1) is 12.8 Å². The van der Waals surface area contributed by atoms with Crippen LogP contribution in [0.3, 0.4) is 0 Å². The lowest BCUT2D eigenvalue weighted by atomic mass is 10.2. The summed E-state index contributed by atoms with van der Waals surface area (Å²) in [5, 5.41) is 1.92. The highest BCUT2D eigenvalue weighted by molar-refractivity contribution is 7.89. The van der Waals surface area contributed by atoms with Gasteiger partial charge in [-0.2, -0.15) is 4.72 Å². The van der Waals surface area contributed by atoms with Gasteiger partial charge in [0.1, 0.15) is 17.0 Å². The van der Waals surface area contributed by atoms with Gasteiger partial charge in [-0.05, 0) is 26.8 Å². The fourth-order valence-corrected chi connectivity index (χ4v) is 3.09. The van der Waals surface area contributed by atoms with Crippen molar-refractivity contribution in [3.63, 3.8) is 0 Å². The van der Waals surface area contributed by atoms with Gasteiger partial charge in [0.15, 0.2) is 5.15 Å². The molecule has 0 radical (unpaired) electrons. The fraction of sp³-hybridized carbons (Fsp3) is 0.462. The van der Waals surface area contributed by atoms with Gasteiger partial charge in [-0.1, -0.05) is 11.6 Å². The Balaban J connectivity index is 3.11. The first-order chi connectivity index (χ1) is 11.0. The number of nitrogens with one attached hydrogen (secondary N) is 2. The van der Waals surface area contributed by atoms with Crippen molar-refractivity contribution in [1.82, 2.24) is 9.71 Å². The molecule has 0 atom stereocenters. The molecule has 1 heterocycles. The summed E-state index contributed by atoms with van der Waals surface area (Å²) in [4.78, 5) is 26.1. The average molecular weight is 380 g/mol. The molecule has 24 heavy (non-hydrogen) atoms. The Morgan fingerprint density at radius 1 is 1.33 bits per heavy atom. The SMILES string of the molecule is COC(=O)CNS(=O)(=O)c1c(NC(=O)OC(C)(C)C)ccnc1Cl. The van der Waals surface area contributed by atoms with Crippen molar-refractivity contribution in [2.24, 2.45) is 0 Å². The number of hydrogen-bond acceptors (Lipinski definition) is 7. The second-order valence-corrected chi connectivity index (χ2v) is 7.57. The normalized spacial score (nSPS) is 11.7. The summed E-state index contributed by atoms with van der Waals surface area (Å²) < 4.78 is 36.1. The van der Waals surface area contributed by atoms with E-state index in [1.54, 1.807) is 20.8 Å². The van der Waals surface area contributed by atoms with Crippen molar-refractivity contribution >= 4 is 39.4 Å². The van der Waals surface area contributed by atoms with Gasteiger partial charge in [-0.25, -0.2) is 18.2 Å². The molecular weight excluding hydrogens is 362 g/mol. The molecule has 0 aliphatic rings. The van der Waals surface area contributed by atoms with E-state index in [1.165, 1.54) is 12.3 Å². The van der Waals surface area contributed by atoms with E-state index in [0.717, 1.165) is 7.11 Å². The molecule has 0 aliphatic carbocycles. The van der Waals surface area contributed by atoms with Crippen LogP contribution in [0.1, 0.15) is 20.8 Å². The third-order valence-corrected chi connectivity index (χ3v) is 4.27. The zero-order chi connectivity index (χ0) is 18.5. The fourth-order valence-electron chi connectivity index (χ4n) is 1.49. The van der Waals surface area contributed by atoms with E-state index >= 15 is 0 Å². The van der Waals surface area contributed by atoms with E-state index in [9.17, 15) is 18.0 Å². The van der Waals surface area contributed by atoms with Gasteiger partial charge in [-0.15, -0.1) is 0 Å². The Kier molecular flexibility index (Phi) is 6.52. The first-order valence-corrected chi connectivity index (χ1v) is 8.53. The van der Waals surface area contributed by atoms with E-state index in [1.807, 2.05) is 4.72 Å². The number of methoxy groups -OCH3 is 1. The lowest BCUT2D eigenvalue weighted by Gasteiger charge is -2.20. The molecule has 0 aliphatic heterocycles. The summed E-state index contributed by atoms with van der Waals surface area (Å²) in [6.07, 6.45) is 0.350. The number of carbonyl (C=O) groups is 2. The van der Waals surface area contributed by atoms with Crippen LogP contribution in [0.2, 0.25) is 5.15 Å². The number of ether oxygens (including phenoxy) is 2. The number of esters is 1. The number of amides is 1. The van der Waals surface area contributed by atoms with Crippen LogP contribution in [0.15, 0.2) is 17.2 Å². The van der Waals surface area contributed by atoms with Crippen molar-refractivity contribution in [2.75, 3.05) is 19.0 Å². The topological polar surface area (TPSA) is 124 Å². The number of pyridine rings is 1. The summed E-state index contributed by atoms with van der Waals surface area (Å²) in [7, 11) is -3.12. The zero-order valence-electron chi connectivity index (χ0n) is 13.5. The maximum Gasteiger partial charge on any atom is 0.412 e. The molecule has 2 N–H and O–H groups in total. The average Bonchev–Trinajstić information content (AvgIpc) is 2.42. The molecular formula is C13H18ClN3O6S. The number of rotatable bonds is 5. The van der Waals surface area contributed by atoms with Crippen molar-refractivity contribution in [2.45, 2.75) is 31.3 Å². The predicted octanol–water partition coefficient (Wildman–Crippen LogP) is 1.53. The smallest absolute Gasteiger partial charge is 0.412 e. The van der Waals surface area contributed by atoms with Gasteiger partial charge in [0, 0.05) is 6.20 Å². The van der Waals surface area contributed by atoms with Gasteiger partial charge in [0.25, 0.3) is 0 Å². The first kappa shape index (κ1) is 20.1. The third kappa shape index (κ3) is 5.95. The molecule has 134 valence electrons. The van der Waals surface area contributed by atoms with Crippen LogP contribution in [0.25, 0.3) is 0 Å². The number of hydrogen-bond donors (Lipinski definition) is 2. The van der Waals surface area contributed by atoms with E-state index in [-0.39, 0.29) is 10.8 Å². The number of aromatic nitrogens is 1. The molecule has 1 aromatic heterocycles. The molecule has 0 unspecified atom stereocenters. The summed E-state index contributed by atoms with van der Waals surface area (Å²) in [6, 6.07) is 1.24. The molecule has 0 bridgehead atoms. The number of sulfonamides is 1. The van der Waals surface area contributed by atoms with Crippen molar-refractivity contribution in [3.05, 3.63) is 17.4 Å². The Morgan fingerprint density at radius 3 is 2.50 bits per heavy atom. The molecule has 1 rings (SSSR count). The minimum Gasteiger partial charge on any atom is -0.468 e. The van der Waals surface area contributed by atoms with Gasteiger partial charge < -0.3 is 9.47 Å². The largest absolute Gasteiger partial charge is 0.468 e. The molecule has 1 amide bonds. The molecule has 0 saturated carbocycles. The quantitative estimate of drug-likeness (QED) is 0.587. The van der Waals surface area contributed by atoms with E-state index in [0.29, 0.717) is 0 Å². The van der Waals surface area contributed by atoms with Crippen molar-refractivity contribution in [1.29, 1.82) is 0 Å². The minimum atomic E-state index is -4.23. The highest BCUT2D eigenvalue weighted by atomic mass is 35.5. The second kappa shape index (κ2) is 7.77. The van der Waals surface area contributed by atoms with Crippen LogP contribution in [0, 0.1) is 0 Å². The maximum atomic E-state index is 12.3.